The molecule has 1 aromatic heterocycles. The molecule has 1 aromatic carbocycles. The van der Waals surface area contributed by atoms with Gasteiger partial charge >= 0.3 is 0 Å². The Kier molecular flexibility index (Phi) is 7.03. The fourth-order valence-corrected chi connectivity index (χ4v) is 3.31. The number of carbonyl (C=O) groups excluding carboxylic acids is 1. The normalized spacial score (nSPS) is 14.6. The number of hydrazone groups is 1. The molecule has 0 fully saturated rings. The number of hydrazine groups is 1. The number of rotatable bonds is 5. The highest BCUT2D eigenvalue weighted by atomic mass is 35.5. The van der Waals surface area contributed by atoms with Gasteiger partial charge in [0, 0.05) is 13.1 Å². The lowest BCUT2D eigenvalue weighted by Crippen LogP contribution is -2.43. The molecule has 164 valence electrons. The Morgan fingerprint density at radius 3 is 2.81 bits per heavy atom. The van der Waals surface area contributed by atoms with Crippen molar-refractivity contribution in [3.63, 3.8) is 0 Å². The molecule has 11 heteroatoms. The fourth-order valence-electron chi connectivity index (χ4n) is 3.06. The van der Waals surface area contributed by atoms with Crippen molar-refractivity contribution in [3.8, 4) is 0 Å². The molecule has 2 heterocycles. The second kappa shape index (κ2) is 9.71. The van der Waals surface area contributed by atoms with Crippen molar-refractivity contribution < 1.29 is 9.18 Å². The molecular formula is C20H24ClFN8O. The molecule has 0 unspecified atom stereocenters. The first-order valence-corrected chi connectivity index (χ1v) is 10.1. The number of nitrogens with zero attached hydrogens (tertiary/aromatic N) is 5. The summed E-state index contributed by atoms with van der Waals surface area (Å²) in [5, 5.41) is 7.95. The van der Waals surface area contributed by atoms with Gasteiger partial charge in [-0.3, -0.25) is 9.78 Å². The lowest BCUT2D eigenvalue weighted by molar-refractivity contribution is 0.102. The van der Waals surface area contributed by atoms with Gasteiger partial charge in [-0.2, -0.15) is 0 Å². The van der Waals surface area contributed by atoms with E-state index in [1.54, 1.807) is 6.20 Å². The highest BCUT2D eigenvalue weighted by molar-refractivity contribution is 6.34. The summed E-state index contributed by atoms with van der Waals surface area (Å²) >= 11 is 5.94. The predicted molar refractivity (Wildman–Crippen MR) is 118 cm³/mol. The van der Waals surface area contributed by atoms with Crippen LogP contribution in [0.25, 0.3) is 5.57 Å². The zero-order valence-electron chi connectivity index (χ0n) is 17.3. The van der Waals surface area contributed by atoms with Gasteiger partial charge in [0.1, 0.15) is 5.82 Å². The van der Waals surface area contributed by atoms with E-state index in [2.05, 4.69) is 20.4 Å². The van der Waals surface area contributed by atoms with E-state index in [9.17, 15) is 9.18 Å². The molecule has 0 radical (unpaired) electrons. The SMILES string of the molecule is CCN(N)/N=C(\N)N1CCC(C)=C(c2cnc(NC(=O)c3c(F)cccc3Cl)cn2)C1. The molecule has 0 atom stereocenters. The third kappa shape index (κ3) is 5.28. The largest absolute Gasteiger partial charge is 0.368 e. The molecule has 0 saturated heterocycles. The van der Waals surface area contributed by atoms with E-state index in [0.29, 0.717) is 31.3 Å². The highest BCUT2D eigenvalue weighted by Crippen LogP contribution is 2.25. The van der Waals surface area contributed by atoms with Crippen LogP contribution in [0.4, 0.5) is 10.2 Å². The van der Waals surface area contributed by atoms with Crippen LogP contribution in [0.15, 0.2) is 41.3 Å². The van der Waals surface area contributed by atoms with Gasteiger partial charge in [0.2, 0.25) is 5.96 Å². The van der Waals surface area contributed by atoms with Crippen molar-refractivity contribution >= 4 is 34.9 Å². The summed E-state index contributed by atoms with van der Waals surface area (Å²) in [5.41, 5.74) is 8.61. The van der Waals surface area contributed by atoms with E-state index < -0.39 is 11.7 Å². The van der Waals surface area contributed by atoms with E-state index in [-0.39, 0.29) is 16.4 Å². The van der Waals surface area contributed by atoms with Crippen molar-refractivity contribution in [3.05, 3.63) is 58.3 Å². The Morgan fingerprint density at radius 2 is 2.16 bits per heavy atom. The summed E-state index contributed by atoms with van der Waals surface area (Å²) in [7, 11) is 0. The van der Waals surface area contributed by atoms with Crippen LogP contribution < -0.4 is 16.9 Å². The molecule has 0 bridgehead atoms. The van der Waals surface area contributed by atoms with Crippen LogP contribution in [-0.2, 0) is 0 Å². The van der Waals surface area contributed by atoms with Gasteiger partial charge in [-0.05, 0) is 38.0 Å². The van der Waals surface area contributed by atoms with E-state index in [4.69, 9.17) is 23.2 Å². The smallest absolute Gasteiger partial charge is 0.261 e. The molecule has 2 aromatic rings. The number of amides is 1. The minimum atomic E-state index is -0.712. The summed E-state index contributed by atoms with van der Waals surface area (Å²) in [5.74, 6) is 4.81. The van der Waals surface area contributed by atoms with Crippen LogP contribution in [0, 0.1) is 5.82 Å². The maximum absolute atomic E-state index is 13.9. The maximum Gasteiger partial charge on any atom is 0.261 e. The van der Waals surface area contributed by atoms with Crippen LogP contribution in [0.3, 0.4) is 0 Å². The highest BCUT2D eigenvalue weighted by Gasteiger charge is 2.21. The molecule has 9 nitrogen and oxygen atoms in total. The zero-order chi connectivity index (χ0) is 22.5. The Labute approximate surface area is 184 Å². The lowest BCUT2D eigenvalue weighted by atomic mass is 9.99. The second-order valence-corrected chi connectivity index (χ2v) is 7.39. The number of aromatic nitrogens is 2. The standard InChI is InChI=1S/C20H24ClFN8O/c1-3-30(24)28-20(23)29-8-7-12(2)13(11-29)16-9-26-17(10-25-16)27-19(31)18-14(21)5-4-6-15(18)22/h4-6,9-10H,3,7-8,11,24H2,1-2H3,(H2,23,28)(H,26,27,31). The molecule has 0 aliphatic carbocycles. The number of nitrogens with one attached hydrogen (secondary N) is 1. The number of anilines is 1. The third-order valence-corrected chi connectivity index (χ3v) is 5.21. The topological polar surface area (TPSA) is 126 Å². The quantitative estimate of drug-likeness (QED) is 0.278. The molecule has 31 heavy (non-hydrogen) atoms. The molecule has 1 aliphatic rings. The predicted octanol–water partition coefficient (Wildman–Crippen LogP) is 2.43. The Bertz CT molecular complexity index is 1000. The average molecular weight is 447 g/mol. The molecule has 5 N–H and O–H groups in total. The van der Waals surface area contributed by atoms with Crippen LogP contribution in [0.1, 0.15) is 36.3 Å². The molecule has 0 saturated carbocycles. The van der Waals surface area contributed by atoms with Crippen LogP contribution >= 0.6 is 11.6 Å². The molecule has 0 spiro atoms. The molecule has 1 aliphatic heterocycles. The van der Waals surface area contributed by atoms with Crippen molar-refractivity contribution in [1.82, 2.24) is 20.0 Å². The minimum Gasteiger partial charge on any atom is -0.368 e. The van der Waals surface area contributed by atoms with Gasteiger partial charge in [0.15, 0.2) is 5.82 Å². The summed E-state index contributed by atoms with van der Waals surface area (Å²) in [6.45, 7) is 5.65. The zero-order valence-corrected chi connectivity index (χ0v) is 18.0. The van der Waals surface area contributed by atoms with E-state index in [1.807, 2.05) is 18.7 Å². The number of benzene rings is 1. The number of hydrogen-bond donors (Lipinski definition) is 3. The van der Waals surface area contributed by atoms with Gasteiger partial charge in [-0.15, -0.1) is 5.10 Å². The van der Waals surface area contributed by atoms with Crippen molar-refractivity contribution in [2.24, 2.45) is 16.7 Å². The summed E-state index contributed by atoms with van der Waals surface area (Å²) in [6.07, 6.45) is 3.75. The minimum absolute atomic E-state index is 0.0172. The lowest BCUT2D eigenvalue weighted by Gasteiger charge is -2.31. The summed E-state index contributed by atoms with van der Waals surface area (Å²) in [4.78, 5) is 22.9. The molecule has 3 rings (SSSR count). The maximum atomic E-state index is 13.9. The average Bonchev–Trinajstić information content (AvgIpc) is 2.74. The van der Waals surface area contributed by atoms with Crippen molar-refractivity contribution in [2.75, 3.05) is 25.0 Å². The first-order valence-electron chi connectivity index (χ1n) is 9.67. The molecule has 1 amide bonds. The first kappa shape index (κ1) is 22.4. The number of carbonyl (C=O) groups is 1. The fraction of sp³-hybridized carbons (Fsp3) is 0.300. The van der Waals surface area contributed by atoms with Crippen LogP contribution in [0.5, 0.6) is 0 Å². The van der Waals surface area contributed by atoms with Crippen LogP contribution in [-0.4, -0.2) is 51.5 Å². The van der Waals surface area contributed by atoms with Crippen LogP contribution in [0.2, 0.25) is 5.02 Å². The van der Waals surface area contributed by atoms with E-state index in [1.165, 1.54) is 29.5 Å². The van der Waals surface area contributed by atoms with Gasteiger partial charge < -0.3 is 16.0 Å². The third-order valence-electron chi connectivity index (χ3n) is 4.89. The molecular weight excluding hydrogens is 423 g/mol. The Morgan fingerprint density at radius 1 is 1.39 bits per heavy atom. The van der Waals surface area contributed by atoms with Gasteiger partial charge in [-0.1, -0.05) is 23.2 Å². The number of nitrogens with two attached hydrogens (primary N) is 2. The monoisotopic (exact) mass is 446 g/mol. The first-order chi connectivity index (χ1) is 14.8. The van der Waals surface area contributed by atoms with Gasteiger partial charge in [0.05, 0.1) is 35.2 Å². The Hall–Kier alpha value is -3.24. The van der Waals surface area contributed by atoms with Gasteiger partial charge in [-0.25, -0.2) is 20.3 Å². The summed E-state index contributed by atoms with van der Waals surface area (Å²) in [6, 6.07) is 4.04. The summed E-state index contributed by atoms with van der Waals surface area (Å²) < 4.78 is 13.9. The van der Waals surface area contributed by atoms with E-state index >= 15 is 0 Å². The van der Waals surface area contributed by atoms with E-state index in [0.717, 1.165) is 17.6 Å². The number of hydrogen-bond acceptors (Lipinski definition) is 6. The van der Waals surface area contributed by atoms with Crippen molar-refractivity contribution in [1.29, 1.82) is 0 Å². The van der Waals surface area contributed by atoms with Crippen molar-refractivity contribution in [2.45, 2.75) is 20.3 Å². The number of halogens is 2. The Balaban J connectivity index is 1.74. The van der Waals surface area contributed by atoms with Gasteiger partial charge in [0.25, 0.3) is 5.91 Å². The second-order valence-electron chi connectivity index (χ2n) is 6.98. The number of guanidine groups is 1.